The smallest absolute Gasteiger partial charge is 0.427 e. The summed E-state index contributed by atoms with van der Waals surface area (Å²) in [5.41, 5.74) is 3.27. The second-order valence-corrected chi connectivity index (χ2v) is 10.2. The molecule has 0 rings (SSSR count). The van der Waals surface area contributed by atoms with E-state index >= 15 is 0 Å². The molecule has 190 valence electrons. The van der Waals surface area contributed by atoms with Gasteiger partial charge in [0.2, 0.25) is 5.96 Å². The van der Waals surface area contributed by atoms with Gasteiger partial charge in [0.1, 0.15) is 22.8 Å². The average molecular weight is 475 g/mol. The lowest BCUT2D eigenvalue weighted by atomic mass is 10.1. The van der Waals surface area contributed by atoms with Crippen LogP contribution in [0.1, 0.15) is 75.2 Å². The maximum Gasteiger partial charge on any atom is 0.427 e. The van der Waals surface area contributed by atoms with Crippen molar-refractivity contribution in [1.82, 2.24) is 10.2 Å². The van der Waals surface area contributed by atoms with Crippen LogP contribution in [0.4, 0.5) is 14.4 Å². The zero-order valence-electron chi connectivity index (χ0n) is 21.0. The molecule has 0 spiro atoms. The first-order valence-corrected chi connectivity index (χ1v) is 10.5. The molecule has 4 N–H and O–H groups in total. The number of imide groups is 1. The van der Waals surface area contributed by atoms with Gasteiger partial charge in [0, 0.05) is 6.54 Å². The Morgan fingerprint density at radius 3 is 1.67 bits per heavy atom. The molecular weight excluding hydrogens is 436 g/mol. The third-order valence-electron chi connectivity index (χ3n) is 3.30. The Kier molecular flexibility index (Phi) is 10.6. The van der Waals surface area contributed by atoms with E-state index in [4.69, 9.17) is 19.9 Å². The first kappa shape index (κ1) is 29.9. The fourth-order valence-electron chi connectivity index (χ4n) is 2.14. The first-order valence-electron chi connectivity index (χ1n) is 10.5. The van der Waals surface area contributed by atoms with Crippen LogP contribution in [-0.2, 0) is 19.0 Å². The average Bonchev–Trinajstić information content (AvgIpc) is 2.52. The number of alkyl carbamates (subject to hydrolysis) is 1. The van der Waals surface area contributed by atoms with Gasteiger partial charge in [-0.25, -0.2) is 19.2 Å². The van der Waals surface area contributed by atoms with Gasteiger partial charge in [-0.3, -0.25) is 4.99 Å². The van der Waals surface area contributed by atoms with Gasteiger partial charge in [-0.05, 0) is 75.2 Å². The van der Waals surface area contributed by atoms with Crippen molar-refractivity contribution in [2.45, 2.75) is 98.0 Å². The van der Waals surface area contributed by atoms with Crippen LogP contribution in [0.2, 0.25) is 0 Å². The number of aliphatic imine (C=N–C) groups is 1. The van der Waals surface area contributed by atoms with E-state index in [0.717, 1.165) is 0 Å². The SMILES string of the molecule is CC(C)(C)OC(=O)N[C@H](CCCN=C(N)N(C(=O)OC(C)(C)C)C(=O)OC(C)(C)C)C(=O)O. The molecule has 0 aliphatic carbocycles. The number of nitrogens with zero attached hydrogens (tertiary/aromatic N) is 2. The van der Waals surface area contributed by atoms with Gasteiger partial charge in [0.15, 0.2) is 0 Å². The molecular formula is C21H38N4O8. The number of hydrogen-bond donors (Lipinski definition) is 3. The van der Waals surface area contributed by atoms with Gasteiger partial charge < -0.3 is 30.4 Å². The van der Waals surface area contributed by atoms with Crippen LogP contribution in [0.25, 0.3) is 0 Å². The molecule has 0 saturated heterocycles. The van der Waals surface area contributed by atoms with Gasteiger partial charge in [0.25, 0.3) is 0 Å². The second kappa shape index (κ2) is 11.7. The van der Waals surface area contributed by atoms with E-state index in [1.54, 1.807) is 62.3 Å². The fraction of sp³-hybridized carbons (Fsp3) is 0.762. The maximum absolute atomic E-state index is 12.5. The van der Waals surface area contributed by atoms with Crippen LogP contribution < -0.4 is 11.1 Å². The van der Waals surface area contributed by atoms with Crippen molar-refractivity contribution in [3.05, 3.63) is 0 Å². The van der Waals surface area contributed by atoms with E-state index in [1.807, 2.05) is 0 Å². The molecule has 0 radical (unpaired) electrons. The number of carboxylic acids is 1. The normalized spacial score (nSPS) is 13.5. The molecule has 33 heavy (non-hydrogen) atoms. The topological polar surface area (TPSA) is 170 Å². The van der Waals surface area contributed by atoms with Crippen molar-refractivity contribution in [1.29, 1.82) is 0 Å². The van der Waals surface area contributed by atoms with Crippen LogP contribution in [0.5, 0.6) is 0 Å². The number of hydrogen-bond acceptors (Lipinski definition) is 8. The Bertz CT molecular complexity index is 717. The minimum Gasteiger partial charge on any atom is -0.480 e. The van der Waals surface area contributed by atoms with Crippen molar-refractivity contribution in [2.24, 2.45) is 10.7 Å². The Labute approximate surface area is 194 Å². The van der Waals surface area contributed by atoms with Gasteiger partial charge in [-0.1, -0.05) is 0 Å². The molecule has 0 aromatic rings. The number of carbonyl (C=O) groups is 4. The molecule has 0 fully saturated rings. The van der Waals surface area contributed by atoms with Gasteiger partial charge in [-0.15, -0.1) is 4.90 Å². The molecule has 12 heteroatoms. The summed E-state index contributed by atoms with van der Waals surface area (Å²) >= 11 is 0. The largest absolute Gasteiger partial charge is 0.480 e. The van der Waals surface area contributed by atoms with Crippen molar-refractivity contribution >= 4 is 30.2 Å². The van der Waals surface area contributed by atoms with E-state index in [0.29, 0.717) is 4.90 Å². The summed E-state index contributed by atoms with van der Waals surface area (Å²) in [5, 5.41) is 11.6. The highest BCUT2D eigenvalue weighted by Gasteiger charge is 2.34. The molecule has 0 unspecified atom stereocenters. The van der Waals surface area contributed by atoms with Crippen molar-refractivity contribution in [3.8, 4) is 0 Å². The number of nitrogens with one attached hydrogen (secondary N) is 1. The minimum absolute atomic E-state index is 0.00420. The van der Waals surface area contributed by atoms with E-state index in [2.05, 4.69) is 10.3 Å². The van der Waals surface area contributed by atoms with E-state index < -0.39 is 53.1 Å². The number of ether oxygens (including phenoxy) is 3. The van der Waals surface area contributed by atoms with Crippen LogP contribution >= 0.6 is 0 Å². The second-order valence-electron chi connectivity index (χ2n) is 10.2. The predicted octanol–water partition coefficient (Wildman–Crippen LogP) is 3.23. The van der Waals surface area contributed by atoms with E-state index in [-0.39, 0.29) is 19.4 Å². The summed E-state index contributed by atoms with van der Waals surface area (Å²) in [6, 6.07) is -1.22. The standard InChI is InChI=1S/C21H38N4O8/c1-19(2,3)31-16(28)24-13(14(26)27)11-10-12-23-15(22)25(17(29)32-20(4,5)6)18(30)33-21(7,8)9/h13H,10-12H2,1-9H3,(H2,22,23)(H,24,28)(H,26,27)/t13-/m1/s1. The molecule has 0 bridgehead atoms. The summed E-state index contributed by atoms with van der Waals surface area (Å²) in [4.78, 5) is 52.7. The quantitative estimate of drug-likeness (QED) is 0.226. The summed E-state index contributed by atoms with van der Waals surface area (Å²) in [6.45, 7) is 14.6. The Balaban J connectivity index is 5.25. The molecule has 0 aromatic heterocycles. The third-order valence-corrected chi connectivity index (χ3v) is 3.30. The van der Waals surface area contributed by atoms with E-state index in [1.165, 1.54) is 0 Å². The van der Waals surface area contributed by atoms with Crippen LogP contribution in [-0.4, -0.2) is 69.6 Å². The molecule has 0 aromatic carbocycles. The Morgan fingerprint density at radius 2 is 1.30 bits per heavy atom. The molecule has 12 nitrogen and oxygen atoms in total. The van der Waals surface area contributed by atoms with Crippen LogP contribution in [0.15, 0.2) is 4.99 Å². The lowest BCUT2D eigenvalue weighted by molar-refractivity contribution is -0.139. The van der Waals surface area contributed by atoms with Crippen LogP contribution in [0.3, 0.4) is 0 Å². The molecule has 3 amide bonds. The van der Waals surface area contributed by atoms with Gasteiger partial charge in [0.05, 0.1) is 0 Å². The predicted molar refractivity (Wildman–Crippen MR) is 121 cm³/mol. The summed E-state index contributed by atoms with van der Waals surface area (Å²) < 4.78 is 15.5. The maximum atomic E-state index is 12.5. The van der Waals surface area contributed by atoms with Gasteiger partial charge in [-0.2, -0.15) is 0 Å². The number of carbonyl (C=O) groups excluding carboxylic acids is 3. The highest BCUT2D eigenvalue weighted by molar-refractivity contribution is 6.07. The Hall–Kier alpha value is -3.05. The zero-order chi connectivity index (χ0) is 26.2. The number of rotatable bonds is 6. The van der Waals surface area contributed by atoms with Crippen molar-refractivity contribution < 1.29 is 38.5 Å². The molecule has 0 heterocycles. The first-order chi connectivity index (χ1) is 14.7. The number of carboxylic acid groups (broad SMARTS) is 1. The minimum atomic E-state index is -1.25. The fourth-order valence-corrected chi connectivity index (χ4v) is 2.14. The lowest BCUT2D eigenvalue weighted by Crippen LogP contribution is -2.50. The van der Waals surface area contributed by atoms with Gasteiger partial charge >= 0.3 is 24.2 Å². The van der Waals surface area contributed by atoms with Crippen molar-refractivity contribution in [3.63, 3.8) is 0 Å². The molecule has 0 saturated carbocycles. The summed E-state index contributed by atoms with van der Waals surface area (Å²) in [7, 11) is 0. The molecule has 1 atom stereocenters. The van der Waals surface area contributed by atoms with Crippen LogP contribution in [0, 0.1) is 0 Å². The third kappa shape index (κ3) is 13.9. The number of guanidine groups is 1. The Morgan fingerprint density at radius 1 is 0.879 bits per heavy atom. The lowest BCUT2D eigenvalue weighted by Gasteiger charge is -2.28. The highest BCUT2D eigenvalue weighted by Crippen LogP contribution is 2.15. The number of amides is 3. The molecule has 0 aliphatic heterocycles. The monoisotopic (exact) mass is 474 g/mol. The summed E-state index contributed by atoms with van der Waals surface area (Å²) in [5.74, 6) is -1.72. The van der Waals surface area contributed by atoms with Crippen molar-refractivity contribution in [2.75, 3.05) is 6.54 Å². The highest BCUT2D eigenvalue weighted by atomic mass is 16.6. The summed E-state index contributed by atoms with van der Waals surface area (Å²) in [6.07, 6.45) is -2.81. The number of nitrogens with two attached hydrogens (primary N) is 1. The molecule has 0 aliphatic rings. The zero-order valence-corrected chi connectivity index (χ0v) is 21.0. The number of aliphatic carboxylic acids is 1. The van der Waals surface area contributed by atoms with E-state index in [9.17, 15) is 24.3 Å².